The second-order valence-corrected chi connectivity index (χ2v) is 2.80. The topological polar surface area (TPSA) is 29.5 Å². The first-order valence-corrected chi connectivity index (χ1v) is 3.70. The standard InChI is InChI=1S/C7H14O2/c8-9-6-7-4-2-1-3-5-7/h7-8H,1-6H2. The van der Waals surface area contributed by atoms with Crippen molar-refractivity contribution in [2.45, 2.75) is 32.1 Å². The molecule has 0 aromatic carbocycles. The van der Waals surface area contributed by atoms with Gasteiger partial charge in [-0.3, -0.25) is 5.26 Å². The predicted octanol–water partition coefficient (Wildman–Crippen LogP) is 2.06. The Balaban J connectivity index is 2.08. The van der Waals surface area contributed by atoms with E-state index in [1.807, 2.05) is 0 Å². The molecule has 0 aromatic rings. The van der Waals surface area contributed by atoms with Gasteiger partial charge in [0.05, 0.1) is 6.61 Å². The van der Waals surface area contributed by atoms with E-state index < -0.39 is 0 Å². The number of rotatable bonds is 2. The van der Waals surface area contributed by atoms with E-state index in [0.29, 0.717) is 12.5 Å². The fraction of sp³-hybridized carbons (Fsp3) is 1.00. The maximum atomic E-state index is 8.12. The Morgan fingerprint density at radius 1 is 1.22 bits per heavy atom. The van der Waals surface area contributed by atoms with E-state index in [4.69, 9.17) is 5.26 Å². The Morgan fingerprint density at radius 2 is 1.89 bits per heavy atom. The summed E-state index contributed by atoms with van der Waals surface area (Å²) in [5, 5.41) is 8.12. The van der Waals surface area contributed by atoms with E-state index in [2.05, 4.69) is 4.89 Å². The first-order valence-electron chi connectivity index (χ1n) is 3.70. The summed E-state index contributed by atoms with van der Waals surface area (Å²) in [6.45, 7) is 0.542. The van der Waals surface area contributed by atoms with Gasteiger partial charge in [0.2, 0.25) is 0 Å². The van der Waals surface area contributed by atoms with Crippen LogP contribution in [-0.4, -0.2) is 11.9 Å². The van der Waals surface area contributed by atoms with Gasteiger partial charge >= 0.3 is 0 Å². The van der Waals surface area contributed by atoms with E-state index in [9.17, 15) is 0 Å². The highest BCUT2D eigenvalue weighted by Gasteiger charge is 2.12. The summed E-state index contributed by atoms with van der Waals surface area (Å²) in [4.78, 5) is 4.08. The average molecular weight is 130 g/mol. The molecule has 0 heterocycles. The molecular weight excluding hydrogens is 116 g/mol. The third-order valence-corrected chi connectivity index (χ3v) is 2.03. The predicted molar refractivity (Wildman–Crippen MR) is 35.2 cm³/mol. The highest BCUT2D eigenvalue weighted by Crippen LogP contribution is 2.23. The van der Waals surface area contributed by atoms with Crippen molar-refractivity contribution < 1.29 is 10.1 Å². The van der Waals surface area contributed by atoms with Crippen LogP contribution in [0.15, 0.2) is 0 Å². The van der Waals surface area contributed by atoms with Gasteiger partial charge in [-0.15, -0.1) is 0 Å². The van der Waals surface area contributed by atoms with Gasteiger partial charge in [-0.05, 0) is 18.8 Å². The van der Waals surface area contributed by atoms with Crippen LogP contribution < -0.4 is 0 Å². The molecule has 0 bridgehead atoms. The van der Waals surface area contributed by atoms with Crippen LogP contribution in [0.2, 0.25) is 0 Å². The van der Waals surface area contributed by atoms with Gasteiger partial charge in [0.25, 0.3) is 0 Å². The normalized spacial score (nSPS) is 22.3. The Kier molecular flexibility index (Phi) is 3.01. The van der Waals surface area contributed by atoms with Crippen molar-refractivity contribution in [1.82, 2.24) is 0 Å². The lowest BCUT2D eigenvalue weighted by Gasteiger charge is -2.19. The molecule has 0 aliphatic heterocycles. The zero-order chi connectivity index (χ0) is 6.53. The Bertz CT molecular complexity index is 64.6. The quantitative estimate of drug-likeness (QED) is 0.458. The molecule has 0 spiro atoms. The number of hydrogen-bond donors (Lipinski definition) is 1. The van der Waals surface area contributed by atoms with Crippen LogP contribution in [0.5, 0.6) is 0 Å². The molecule has 0 atom stereocenters. The van der Waals surface area contributed by atoms with Crippen LogP contribution in [0.1, 0.15) is 32.1 Å². The maximum absolute atomic E-state index is 8.12. The molecule has 2 heteroatoms. The summed E-state index contributed by atoms with van der Waals surface area (Å²) in [5.41, 5.74) is 0. The van der Waals surface area contributed by atoms with Gasteiger partial charge in [0, 0.05) is 0 Å². The Labute approximate surface area is 55.8 Å². The monoisotopic (exact) mass is 130 g/mol. The van der Waals surface area contributed by atoms with Crippen molar-refractivity contribution >= 4 is 0 Å². The molecule has 1 rings (SSSR count). The summed E-state index contributed by atoms with van der Waals surface area (Å²) < 4.78 is 0. The second-order valence-electron chi connectivity index (χ2n) is 2.80. The van der Waals surface area contributed by atoms with Gasteiger partial charge in [-0.25, -0.2) is 4.89 Å². The van der Waals surface area contributed by atoms with Crippen molar-refractivity contribution in [2.75, 3.05) is 6.61 Å². The molecule has 54 valence electrons. The first kappa shape index (κ1) is 7.03. The largest absolute Gasteiger partial charge is 0.252 e. The molecule has 0 aromatic heterocycles. The highest BCUT2D eigenvalue weighted by atomic mass is 17.1. The van der Waals surface area contributed by atoms with Gasteiger partial charge < -0.3 is 0 Å². The summed E-state index contributed by atoms with van der Waals surface area (Å²) in [6.07, 6.45) is 6.46. The molecule has 9 heavy (non-hydrogen) atoms. The van der Waals surface area contributed by atoms with Crippen molar-refractivity contribution in [3.63, 3.8) is 0 Å². The minimum absolute atomic E-state index is 0.542. The molecular formula is C7H14O2. The molecule has 1 aliphatic rings. The van der Waals surface area contributed by atoms with Crippen molar-refractivity contribution in [3.05, 3.63) is 0 Å². The molecule has 0 radical (unpaired) electrons. The Morgan fingerprint density at radius 3 is 2.44 bits per heavy atom. The summed E-state index contributed by atoms with van der Waals surface area (Å²) >= 11 is 0. The second kappa shape index (κ2) is 3.85. The lowest BCUT2D eigenvalue weighted by molar-refractivity contribution is -0.252. The van der Waals surface area contributed by atoms with E-state index >= 15 is 0 Å². The molecule has 1 N–H and O–H groups in total. The summed E-state index contributed by atoms with van der Waals surface area (Å²) in [6, 6.07) is 0. The minimum Gasteiger partial charge on any atom is -0.252 e. The van der Waals surface area contributed by atoms with Gasteiger partial charge in [0.15, 0.2) is 0 Å². The van der Waals surface area contributed by atoms with Crippen LogP contribution in [0.3, 0.4) is 0 Å². The van der Waals surface area contributed by atoms with E-state index in [1.165, 1.54) is 32.1 Å². The maximum Gasteiger partial charge on any atom is 0.0847 e. The smallest absolute Gasteiger partial charge is 0.0847 e. The zero-order valence-corrected chi connectivity index (χ0v) is 5.68. The third kappa shape index (κ3) is 2.33. The zero-order valence-electron chi connectivity index (χ0n) is 5.68. The molecule has 0 unspecified atom stereocenters. The molecule has 2 nitrogen and oxygen atoms in total. The van der Waals surface area contributed by atoms with Crippen LogP contribution in [0.4, 0.5) is 0 Å². The summed E-state index contributed by atoms with van der Waals surface area (Å²) in [5.74, 6) is 0.628. The van der Waals surface area contributed by atoms with Gasteiger partial charge in [-0.1, -0.05) is 19.3 Å². The van der Waals surface area contributed by atoms with Crippen LogP contribution in [0.25, 0.3) is 0 Å². The van der Waals surface area contributed by atoms with E-state index in [-0.39, 0.29) is 0 Å². The Hall–Kier alpha value is -0.0800. The van der Waals surface area contributed by atoms with Crippen molar-refractivity contribution in [2.24, 2.45) is 5.92 Å². The van der Waals surface area contributed by atoms with E-state index in [1.54, 1.807) is 0 Å². The van der Waals surface area contributed by atoms with Gasteiger partial charge in [-0.2, -0.15) is 0 Å². The fourth-order valence-corrected chi connectivity index (χ4v) is 1.46. The van der Waals surface area contributed by atoms with Gasteiger partial charge in [0.1, 0.15) is 0 Å². The van der Waals surface area contributed by atoms with Crippen LogP contribution in [-0.2, 0) is 4.89 Å². The summed E-state index contributed by atoms with van der Waals surface area (Å²) in [7, 11) is 0. The van der Waals surface area contributed by atoms with E-state index in [0.717, 1.165) is 0 Å². The average Bonchev–Trinajstić information content (AvgIpc) is 1.91. The molecule has 0 amide bonds. The first-order chi connectivity index (χ1) is 4.43. The molecule has 1 fully saturated rings. The van der Waals surface area contributed by atoms with Crippen molar-refractivity contribution in [1.29, 1.82) is 0 Å². The third-order valence-electron chi connectivity index (χ3n) is 2.03. The number of hydrogen-bond acceptors (Lipinski definition) is 2. The molecule has 0 saturated heterocycles. The highest BCUT2D eigenvalue weighted by molar-refractivity contribution is 4.63. The molecule has 1 saturated carbocycles. The van der Waals surface area contributed by atoms with Crippen molar-refractivity contribution in [3.8, 4) is 0 Å². The molecule has 1 aliphatic carbocycles. The van der Waals surface area contributed by atoms with Crippen LogP contribution >= 0.6 is 0 Å². The fourth-order valence-electron chi connectivity index (χ4n) is 1.46. The van der Waals surface area contributed by atoms with Crippen LogP contribution in [0, 0.1) is 5.92 Å². The SMILES string of the molecule is OOCC1CCCCC1. The minimum atomic E-state index is 0.542. The lowest BCUT2D eigenvalue weighted by atomic mass is 9.90. The lowest BCUT2D eigenvalue weighted by Crippen LogP contribution is -2.11.